The fourth-order valence-electron chi connectivity index (χ4n) is 3.16. The Morgan fingerprint density at radius 1 is 1.19 bits per heavy atom. The fraction of sp³-hybridized carbons (Fsp3) is 0.444. The summed E-state index contributed by atoms with van der Waals surface area (Å²) >= 11 is 2.10. The van der Waals surface area contributed by atoms with E-state index in [1.165, 1.54) is 30.6 Å². The van der Waals surface area contributed by atoms with Crippen LogP contribution in [0.1, 0.15) is 43.6 Å². The Labute approximate surface area is 131 Å². The highest BCUT2D eigenvalue weighted by molar-refractivity contribution is 7.99. The average molecular weight is 301 g/mol. The van der Waals surface area contributed by atoms with Crippen molar-refractivity contribution in [2.75, 3.05) is 5.75 Å². The van der Waals surface area contributed by atoms with Gasteiger partial charge in [-0.15, -0.1) is 0 Å². The Morgan fingerprint density at radius 3 is 2.76 bits per heavy atom. The second kappa shape index (κ2) is 7.19. The molecule has 0 radical (unpaired) electrons. The van der Waals surface area contributed by atoms with E-state index in [0.717, 1.165) is 11.0 Å². The molecular weight excluding hydrogens is 278 g/mol. The van der Waals surface area contributed by atoms with Crippen LogP contribution in [0.2, 0.25) is 0 Å². The first-order valence-electron chi connectivity index (χ1n) is 7.83. The summed E-state index contributed by atoms with van der Waals surface area (Å²) in [5.74, 6) is 2.23. The largest absolute Gasteiger partial charge is 0.467 e. The van der Waals surface area contributed by atoms with Gasteiger partial charge in [0.05, 0.1) is 12.3 Å². The predicted octanol–water partition coefficient (Wildman–Crippen LogP) is 4.63. The van der Waals surface area contributed by atoms with Crippen molar-refractivity contribution in [3.05, 3.63) is 60.1 Å². The van der Waals surface area contributed by atoms with Gasteiger partial charge in [-0.05, 0) is 42.7 Å². The third-order valence-electron chi connectivity index (χ3n) is 4.15. The van der Waals surface area contributed by atoms with Gasteiger partial charge in [0.1, 0.15) is 5.76 Å². The number of thioether (sulfide) groups is 1. The van der Waals surface area contributed by atoms with E-state index in [0.29, 0.717) is 6.04 Å². The maximum absolute atomic E-state index is 5.67. The predicted molar refractivity (Wildman–Crippen MR) is 89.7 cm³/mol. The van der Waals surface area contributed by atoms with Crippen LogP contribution in [0.25, 0.3) is 0 Å². The molecule has 1 aromatic carbocycles. The van der Waals surface area contributed by atoms with Crippen LogP contribution < -0.4 is 5.32 Å². The molecule has 2 nitrogen and oxygen atoms in total. The highest BCUT2D eigenvalue weighted by atomic mass is 32.2. The molecule has 0 spiro atoms. The average Bonchev–Trinajstić information content (AvgIpc) is 3.18. The number of furan rings is 1. The molecule has 0 bridgehead atoms. The molecule has 0 aliphatic heterocycles. The summed E-state index contributed by atoms with van der Waals surface area (Å²) in [6.07, 6.45) is 5.62. The maximum atomic E-state index is 5.67. The van der Waals surface area contributed by atoms with Gasteiger partial charge in [-0.3, -0.25) is 0 Å². The van der Waals surface area contributed by atoms with Crippen LogP contribution in [-0.4, -0.2) is 17.0 Å². The minimum absolute atomic E-state index is 0.163. The highest BCUT2D eigenvalue weighted by Crippen LogP contribution is 2.32. The molecule has 21 heavy (non-hydrogen) atoms. The lowest BCUT2D eigenvalue weighted by Crippen LogP contribution is -2.31. The zero-order valence-electron chi connectivity index (χ0n) is 12.5. The Hall–Kier alpha value is -1.19. The van der Waals surface area contributed by atoms with Gasteiger partial charge in [0.15, 0.2) is 0 Å². The lowest BCUT2D eigenvalue weighted by atomic mass is 10.0. The first-order valence-corrected chi connectivity index (χ1v) is 8.87. The molecule has 1 aromatic heterocycles. The van der Waals surface area contributed by atoms with E-state index >= 15 is 0 Å². The Bertz CT molecular complexity index is 525. The van der Waals surface area contributed by atoms with Crippen molar-refractivity contribution in [3.63, 3.8) is 0 Å². The van der Waals surface area contributed by atoms with E-state index < -0.39 is 0 Å². The van der Waals surface area contributed by atoms with Crippen molar-refractivity contribution >= 4 is 11.8 Å². The van der Waals surface area contributed by atoms with Crippen LogP contribution >= 0.6 is 11.8 Å². The minimum Gasteiger partial charge on any atom is -0.467 e. The van der Waals surface area contributed by atoms with E-state index in [2.05, 4.69) is 60.4 Å². The van der Waals surface area contributed by atoms with Crippen LogP contribution in [0.15, 0.2) is 53.1 Å². The van der Waals surface area contributed by atoms with Crippen molar-refractivity contribution in [1.29, 1.82) is 0 Å². The molecule has 1 heterocycles. The maximum Gasteiger partial charge on any atom is 0.125 e. The smallest absolute Gasteiger partial charge is 0.125 e. The molecule has 0 amide bonds. The summed E-state index contributed by atoms with van der Waals surface area (Å²) in [5.41, 5.74) is 1.28. The molecule has 3 unspecified atom stereocenters. The molecule has 2 aromatic rings. The Morgan fingerprint density at radius 2 is 2.05 bits per heavy atom. The third-order valence-corrected chi connectivity index (χ3v) is 5.38. The van der Waals surface area contributed by atoms with Crippen molar-refractivity contribution in [2.45, 2.75) is 43.5 Å². The van der Waals surface area contributed by atoms with Crippen molar-refractivity contribution < 1.29 is 4.42 Å². The zero-order valence-corrected chi connectivity index (χ0v) is 13.3. The van der Waals surface area contributed by atoms with E-state index in [-0.39, 0.29) is 6.04 Å². The lowest BCUT2D eigenvalue weighted by molar-refractivity contribution is 0.406. The number of nitrogens with one attached hydrogen (secondary N) is 1. The molecule has 1 saturated carbocycles. The van der Waals surface area contributed by atoms with Gasteiger partial charge in [-0.25, -0.2) is 0 Å². The summed E-state index contributed by atoms with van der Waals surface area (Å²) in [5, 5.41) is 4.64. The molecule has 1 fully saturated rings. The first kappa shape index (κ1) is 14.7. The molecule has 3 heteroatoms. The van der Waals surface area contributed by atoms with Gasteiger partial charge in [0.25, 0.3) is 0 Å². The third kappa shape index (κ3) is 3.72. The number of rotatable bonds is 6. The molecule has 1 aliphatic carbocycles. The summed E-state index contributed by atoms with van der Waals surface area (Å²) in [4.78, 5) is 0. The highest BCUT2D eigenvalue weighted by Gasteiger charge is 2.28. The van der Waals surface area contributed by atoms with Crippen LogP contribution in [0.3, 0.4) is 0 Å². The fourth-order valence-corrected chi connectivity index (χ4v) is 4.30. The second-order valence-electron chi connectivity index (χ2n) is 5.61. The summed E-state index contributed by atoms with van der Waals surface area (Å²) < 4.78 is 5.67. The molecule has 1 aliphatic rings. The first-order chi connectivity index (χ1) is 10.4. The Balaban J connectivity index is 1.72. The molecule has 1 N–H and O–H groups in total. The monoisotopic (exact) mass is 301 g/mol. The number of hydrogen-bond donors (Lipinski definition) is 1. The van der Waals surface area contributed by atoms with Gasteiger partial charge >= 0.3 is 0 Å². The van der Waals surface area contributed by atoms with Gasteiger partial charge in [-0.1, -0.05) is 37.3 Å². The normalized spacial score (nSPS) is 23.3. The summed E-state index contributed by atoms with van der Waals surface area (Å²) in [6, 6.07) is 15.4. The van der Waals surface area contributed by atoms with Gasteiger partial charge < -0.3 is 9.73 Å². The second-order valence-corrected chi connectivity index (χ2v) is 7.19. The van der Waals surface area contributed by atoms with Gasteiger partial charge in [0, 0.05) is 11.3 Å². The van der Waals surface area contributed by atoms with E-state index in [1.54, 1.807) is 6.26 Å². The lowest BCUT2D eigenvalue weighted by Gasteiger charge is -2.22. The standard InChI is InChI=1S/C18H23NOS/c1-2-21-16-11-10-15(13-16)19-18(17-9-6-12-20-17)14-7-4-3-5-8-14/h3-9,12,15-16,18-19H,2,10-11,13H2,1H3. The van der Waals surface area contributed by atoms with Crippen molar-refractivity contribution in [1.82, 2.24) is 5.32 Å². The molecular formula is C18H23NOS. The minimum atomic E-state index is 0.163. The summed E-state index contributed by atoms with van der Waals surface area (Å²) in [7, 11) is 0. The molecule has 3 rings (SSSR count). The van der Waals surface area contributed by atoms with Gasteiger partial charge in [-0.2, -0.15) is 11.8 Å². The molecule has 3 atom stereocenters. The van der Waals surface area contributed by atoms with Crippen molar-refractivity contribution in [2.24, 2.45) is 0 Å². The van der Waals surface area contributed by atoms with E-state index in [9.17, 15) is 0 Å². The van der Waals surface area contributed by atoms with Crippen LogP contribution in [0.4, 0.5) is 0 Å². The van der Waals surface area contributed by atoms with E-state index in [4.69, 9.17) is 4.42 Å². The molecule has 112 valence electrons. The molecule has 0 saturated heterocycles. The topological polar surface area (TPSA) is 25.2 Å². The summed E-state index contributed by atoms with van der Waals surface area (Å²) in [6.45, 7) is 2.25. The van der Waals surface area contributed by atoms with Crippen LogP contribution in [0.5, 0.6) is 0 Å². The number of hydrogen-bond acceptors (Lipinski definition) is 3. The van der Waals surface area contributed by atoms with Crippen LogP contribution in [0, 0.1) is 0 Å². The quantitative estimate of drug-likeness (QED) is 0.842. The van der Waals surface area contributed by atoms with Crippen molar-refractivity contribution in [3.8, 4) is 0 Å². The number of benzene rings is 1. The Kier molecular flexibility index (Phi) is 5.04. The SMILES string of the molecule is CCSC1CCC(NC(c2ccccc2)c2ccco2)C1. The van der Waals surface area contributed by atoms with E-state index in [1.807, 2.05) is 6.07 Å². The van der Waals surface area contributed by atoms with Crippen LogP contribution in [-0.2, 0) is 0 Å². The van der Waals surface area contributed by atoms with Gasteiger partial charge in [0.2, 0.25) is 0 Å². The zero-order chi connectivity index (χ0) is 14.5.